The quantitative estimate of drug-likeness (QED) is 0.504. The van der Waals surface area contributed by atoms with Crippen molar-refractivity contribution >= 4 is 26.6 Å². The molecule has 2 N–H and O–H groups in total. The smallest absolute Gasteiger partial charge is 0.240 e. The van der Waals surface area contributed by atoms with E-state index in [2.05, 4.69) is 20.2 Å². The van der Waals surface area contributed by atoms with Crippen molar-refractivity contribution in [2.24, 2.45) is 0 Å². The van der Waals surface area contributed by atoms with Crippen molar-refractivity contribution in [2.45, 2.75) is 68.9 Å². The van der Waals surface area contributed by atoms with E-state index in [0.717, 1.165) is 47.8 Å². The molecule has 1 aliphatic heterocycles. The molecule has 0 spiro atoms. The highest BCUT2D eigenvalue weighted by Crippen LogP contribution is 2.33. The fourth-order valence-electron chi connectivity index (χ4n) is 4.99. The molecule has 7 nitrogen and oxygen atoms in total. The number of aromatic nitrogens is 2. The summed E-state index contributed by atoms with van der Waals surface area (Å²) in [5, 5.41) is 14.6. The van der Waals surface area contributed by atoms with Gasteiger partial charge < -0.3 is 10.1 Å². The number of fused-ring (bicyclic) bond motifs is 1. The highest BCUT2D eigenvalue weighted by atomic mass is 32.2. The Bertz CT molecular complexity index is 1270. The van der Waals surface area contributed by atoms with E-state index in [1.165, 1.54) is 19.3 Å². The van der Waals surface area contributed by atoms with Gasteiger partial charge in [-0.2, -0.15) is 0 Å². The second-order valence-corrected chi connectivity index (χ2v) is 11.1. The van der Waals surface area contributed by atoms with Crippen molar-refractivity contribution < 1.29 is 13.2 Å². The molecule has 2 fully saturated rings. The second-order valence-electron chi connectivity index (χ2n) is 9.39. The lowest BCUT2D eigenvalue weighted by Crippen LogP contribution is -2.32. The normalized spacial score (nSPS) is 19.5. The standard InChI is InChI=1S/C26H32N4O3S/c1-18-13-14-19(16-24(18)34(31,32)27-17-21-10-7-15-33-21)25-22-11-5-6-12-23(22)26(30-29-25)28-20-8-3-2-4-9-20/h5-6,11-14,16,20-21,27H,2-4,7-10,15,17H2,1H3,(H,28,30)/t21-/m1/s1. The molecule has 0 unspecified atom stereocenters. The number of ether oxygens (including phenoxy) is 1. The molecule has 1 aromatic heterocycles. The number of anilines is 1. The first-order valence-corrected chi connectivity index (χ1v) is 13.7. The molecule has 2 aromatic carbocycles. The lowest BCUT2D eigenvalue weighted by Gasteiger charge is -2.24. The molecule has 2 heterocycles. The number of nitrogens with one attached hydrogen (secondary N) is 2. The lowest BCUT2D eigenvalue weighted by atomic mass is 9.95. The molecule has 34 heavy (non-hydrogen) atoms. The Morgan fingerprint density at radius 2 is 1.76 bits per heavy atom. The molecule has 180 valence electrons. The second kappa shape index (κ2) is 9.98. The summed E-state index contributed by atoms with van der Waals surface area (Å²) in [5.74, 6) is 0.796. The van der Waals surface area contributed by atoms with E-state index in [0.29, 0.717) is 23.9 Å². The summed E-state index contributed by atoms with van der Waals surface area (Å²) in [6.07, 6.45) is 7.86. The molecule has 3 aromatic rings. The van der Waals surface area contributed by atoms with Crippen LogP contribution in [0.4, 0.5) is 5.82 Å². The zero-order valence-electron chi connectivity index (χ0n) is 19.6. The van der Waals surface area contributed by atoms with Crippen LogP contribution < -0.4 is 10.0 Å². The minimum atomic E-state index is -3.68. The van der Waals surface area contributed by atoms with Gasteiger partial charge in [0, 0.05) is 35.5 Å². The third kappa shape index (κ3) is 4.94. The van der Waals surface area contributed by atoms with Gasteiger partial charge in [-0.1, -0.05) is 55.7 Å². The summed E-state index contributed by atoms with van der Waals surface area (Å²) in [7, 11) is -3.68. The van der Waals surface area contributed by atoms with Crippen LogP contribution in [0, 0.1) is 6.92 Å². The summed E-state index contributed by atoms with van der Waals surface area (Å²) < 4.78 is 34.5. The molecule has 1 saturated heterocycles. The SMILES string of the molecule is Cc1ccc(-c2nnc(NC3CCCCC3)c3ccccc23)cc1S(=O)(=O)NC[C@H]1CCCO1. The first-order valence-electron chi connectivity index (χ1n) is 12.3. The monoisotopic (exact) mass is 480 g/mol. The van der Waals surface area contributed by atoms with Crippen LogP contribution in [0.5, 0.6) is 0 Å². The van der Waals surface area contributed by atoms with Crippen molar-refractivity contribution in [3.8, 4) is 11.3 Å². The Hall–Kier alpha value is -2.55. The third-order valence-electron chi connectivity index (χ3n) is 6.91. The van der Waals surface area contributed by atoms with E-state index >= 15 is 0 Å². The molecule has 0 bridgehead atoms. The molecule has 2 aliphatic rings. The molecule has 8 heteroatoms. The lowest BCUT2D eigenvalue weighted by molar-refractivity contribution is 0.114. The fraction of sp³-hybridized carbons (Fsp3) is 0.462. The Labute approximate surface area is 201 Å². The average Bonchev–Trinajstić information content (AvgIpc) is 3.38. The van der Waals surface area contributed by atoms with E-state index in [9.17, 15) is 8.42 Å². The summed E-state index contributed by atoms with van der Waals surface area (Å²) in [5.41, 5.74) is 2.10. The van der Waals surface area contributed by atoms with Crippen LogP contribution in [0.25, 0.3) is 22.0 Å². The highest BCUT2D eigenvalue weighted by Gasteiger charge is 2.23. The molecule has 1 aliphatic carbocycles. The van der Waals surface area contributed by atoms with E-state index in [1.807, 2.05) is 43.3 Å². The first-order chi connectivity index (χ1) is 16.5. The van der Waals surface area contributed by atoms with Gasteiger partial charge in [0.15, 0.2) is 5.82 Å². The van der Waals surface area contributed by atoms with Gasteiger partial charge in [0.2, 0.25) is 10.0 Å². The van der Waals surface area contributed by atoms with Gasteiger partial charge in [-0.25, -0.2) is 13.1 Å². The van der Waals surface area contributed by atoms with Crippen LogP contribution in [-0.4, -0.2) is 43.9 Å². The first kappa shape index (κ1) is 23.2. The number of nitrogens with zero attached hydrogens (tertiary/aromatic N) is 2. The maximum Gasteiger partial charge on any atom is 0.240 e. The van der Waals surface area contributed by atoms with Crippen molar-refractivity contribution in [1.29, 1.82) is 0 Å². The van der Waals surface area contributed by atoms with Crippen LogP contribution in [0.15, 0.2) is 47.4 Å². The minimum absolute atomic E-state index is 0.0581. The van der Waals surface area contributed by atoms with Crippen LogP contribution in [0.1, 0.15) is 50.5 Å². The fourth-order valence-corrected chi connectivity index (χ4v) is 6.32. The van der Waals surface area contributed by atoms with Crippen molar-refractivity contribution in [3.63, 3.8) is 0 Å². The maximum absolute atomic E-state index is 13.1. The van der Waals surface area contributed by atoms with Gasteiger partial charge in [-0.3, -0.25) is 0 Å². The molecule has 1 atom stereocenters. The van der Waals surface area contributed by atoms with Crippen molar-refractivity contribution in [2.75, 3.05) is 18.5 Å². The number of aryl methyl sites for hydroxylation is 1. The van der Waals surface area contributed by atoms with Gasteiger partial charge in [0.05, 0.1) is 11.0 Å². The third-order valence-corrected chi connectivity index (χ3v) is 8.47. The van der Waals surface area contributed by atoms with E-state index in [4.69, 9.17) is 4.74 Å². The maximum atomic E-state index is 13.1. The predicted octanol–water partition coefficient (Wildman–Crippen LogP) is 4.81. The largest absolute Gasteiger partial charge is 0.377 e. The zero-order chi connectivity index (χ0) is 23.5. The molecule has 0 amide bonds. The van der Waals surface area contributed by atoms with E-state index < -0.39 is 10.0 Å². The molecule has 0 radical (unpaired) electrons. The van der Waals surface area contributed by atoms with Gasteiger partial charge in [0.25, 0.3) is 0 Å². The van der Waals surface area contributed by atoms with Gasteiger partial charge in [0.1, 0.15) is 5.69 Å². The predicted molar refractivity (Wildman–Crippen MR) is 134 cm³/mol. The van der Waals surface area contributed by atoms with Gasteiger partial charge in [-0.05, 0) is 44.2 Å². The van der Waals surface area contributed by atoms with Gasteiger partial charge >= 0.3 is 0 Å². The Morgan fingerprint density at radius 1 is 0.971 bits per heavy atom. The number of hydrogen-bond acceptors (Lipinski definition) is 6. The summed E-state index contributed by atoms with van der Waals surface area (Å²) in [6, 6.07) is 13.9. The van der Waals surface area contributed by atoms with Crippen molar-refractivity contribution in [3.05, 3.63) is 48.0 Å². The molecular formula is C26H32N4O3S. The van der Waals surface area contributed by atoms with E-state index in [-0.39, 0.29) is 17.5 Å². The molecular weight excluding hydrogens is 448 g/mol. The Morgan fingerprint density at radius 3 is 2.53 bits per heavy atom. The number of rotatable bonds is 7. The van der Waals surface area contributed by atoms with Crippen molar-refractivity contribution in [1.82, 2.24) is 14.9 Å². The Balaban J connectivity index is 1.47. The average molecular weight is 481 g/mol. The number of hydrogen-bond donors (Lipinski definition) is 2. The minimum Gasteiger partial charge on any atom is -0.377 e. The van der Waals surface area contributed by atoms with E-state index in [1.54, 1.807) is 6.07 Å². The van der Waals surface area contributed by atoms with Crippen LogP contribution in [0.2, 0.25) is 0 Å². The number of benzene rings is 2. The summed E-state index contributed by atoms with van der Waals surface area (Å²) in [6.45, 7) is 2.79. The molecule has 1 saturated carbocycles. The number of sulfonamides is 1. The zero-order valence-corrected chi connectivity index (χ0v) is 20.4. The van der Waals surface area contributed by atoms with Crippen LogP contribution >= 0.6 is 0 Å². The van der Waals surface area contributed by atoms with Crippen LogP contribution in [0.3, 0.4) is 0 Å². The summed E-state index contributed by atoms with van der Waals surface area (Å²) >= 11 is 0. The highest BCUT2D eigenvalue weighted by molar-refractivity contribution is 7.89. The van der Waals surface area contributed by atoms with Gasteiger partial charge in [-0.15, -0.1) is 10.2 Å². The van der Waals surface area contributed by atoms with Crippen LogP contribution in [-0.2, 0) is 14.8 Å². The molecule has 5 rings (SSSR count). The summed E-state index contributed by atoms with van der Waals surface area (Å²) in [4.78, 5) is 0.262. The Kier molecular flexibility index (Phi) is 6.81. The topological polar surface area (TPSA) is 93.2 Å².